The summed E-state index contributed by atoms with van der Waals surface area (Å²) in [5.41, 5.74) is 1.26. The van der Waals surface area contributed by atoms with Gasteiger partial charge < -0.3 is 30.1 Å². The third-order valence-corrected chi connectivity index (χ3v) is 11.6. The fourth-order valence-corrected chi connectivity index (χ4v) is 9.17. The van der Waals surface area contributed by atoms with Gasteiger partial charge in [0.05, 0.1) is 37.0 Å². The van der Waals surface area contributed by atoms with Gasteiger partial charge in [-0.2, -0.15) is 0 Å². The molecule has 0 aliphatic carbocycles. The van der Waals surface area contributed by atoms with Crippen molar-refractivity contribution in [2.24, 2.45) is 5.92 Å². The zero-order chi connectivity index (χ0) is 42.0. The van der Waals surface area contributed by atoms with Gasteiger partial charge in [0.15, 0.2) is 0 Å². The lowest BCUT2D eigenvalue weighted by Crippen LogP contribution is -2.54. The number of aliphatic hydroxyl groups is 2. The summed E-state index contributed by atoms with van der Waals surface area (Å²) in [6.07, 6.45) is -0.770. The number of cyclic esters (lactones) is 1. The Labute approximate surface area is 347 Å². The summed E-state index contributed by atoms with van der Waals surface area (Å²) in [5, 5.41) is 33.5. The standard InChI is InChI=1S/C48H43N3O9/c1-30(32-14-5-2-6-15-32)49-47(58)50-38-25-20-31(13-11-12-26-52)29-37(38)48(46(50)57)39(44(54)55)41-45(56)60-42(34-18-9-4-10-19-34)40(33-16-7-3-8-17-33)51(41)43(48)35-21-23-36(24-22-35)59-28-27-53/h2-10,14-25,29-30,39-43,52-53H,12,26-28H2,1H3,(H,49,58)(H,54,55)/t30-,39-,40-,41-,42+,43+,48-/m1/s1. The summed E-state index contributed by atoms with van der Waals surface area (Å²) in [6.45, 7) is 1.41. The molecule has 12 nitrogen and oxygen atoms in total. The van der Waals surface area contributed by atoms with Gasteiger partial charge in [0, 0.05) is 12.0 Å². The normalized spacial score (nSPS) is 23.5. The molecule has 0 aromatic heterocycles. The molecular formula is C48H43N3O9. The van der Waals surface area contributed by atoms with E-state index in [-0.39, 0.29) is 37.5 Å². The lowest BCUT2D eigenvalue weighted by Gasteiger charge is -2.46. The number of carboxylic acid groups (broad SMARTS) is 1. The number of hydrogen-bond donors (Lipinski definition) is 4. The van der Waals surface area contributed by atoms with E-state index in [0.29, 0.717) is 28.0 Å². The highest BCUT2D eigenvalue weighted by Crippen LogP contribution is 2.66. The van der Waals surface area contributed by atoms with Crippen LogP contribution in [0.25, 0.3) is 0 Å². The van der Waals surface area contributed by atoms with E-state index in [9.17, 15) is 29.7 Å². The Balaban J connectivity index is 1.41. The number of morpholine rings is 1. The van der Waals surface area contributed by atoms with Crippen LogP contribution < -0.4 is 15.0 Å². The summed E-state index contributed by atoms with van der Waals surface area (Å²) in [5.74, 6) is 1.47. The van der Waals surface area contributed by atoms with Gasteiger partial charge in [0.25, 0.3) is 0 Å². The van der Waals surface area contributed by atoms with Gasteiger partial charge in [-0.1, -0.05) is 115 Å². The van der Waals surface area contributed by atoms with E-state index >= 15 is 4.79 Å². The molecular weight excluding hydrogens is 763 g/mol. The number of aliphatic carboxylic acids is 1. The number of anilines is 1. The van der Waals surface area contributed by atoms with Crippen molar-refractivity contribution >= 4 is 29.6 Å². The van der Waals surface area contributed by atoms with Crippen molar-refractivity contribution in [1.82, 2.24) is 10.2 Å². The first-order chi connectivity index (χ1) is 29.2. The second-order valence-corrected chi connectivity index (χ2v) is 15.0. The second-order valence-electron chi connectivity index (χ2n) is 15.0. The smallest absolute Gasteiger partial charge is 0.329 e. The van der Waals surface area contributed by atoms with E-state index in [1.807, 2.05) is 91.0 Å². The topological polar surface area (TPSA) is 166 Å². The molecule has 5 aromatic carbocycles. The number of nitrogens with zero attached hydrogens (tertiary/aromatic N) is 2. The van der Waals surface area contributed by atoms with Gasteiger partial charge >= 0.3 is 18.0 Å². The van der Waals surface area contributed by atoms with Gasteiger partial charge in [-0.05, 0) is 65.1 Å². The Kier molecular flexibility index (Phi) is 11.2. The first-order valence-electron chi connectivity index (χ1n) is 19.8. The molecule has 8 rings (SSSR count). The summed E-state index contributed by atoms with van der Waals surface area (Å²) in [4.78, 5) is 62.4. The molecule has 3 aliphatic heterocycles. The predicted molar refractivity (Wildman–Crippen MR) is 221 cm³/mol. The van der Waals surface area contributed by atoms with Crippen LogP contribution in [0.15, 0.2) is 133 Å². The van der Waals surface area contributed by atoms with Crippen molar-refractivity contribution in [3.05, 3.63) is 167 Å². The SMILES string of the molecule is C[C@@H](NC(=O)N1C(=O)[C@@]2(c3cc(C#CCCO)ccc31)[C@H](c1ccc(OCCO)cc1)N1[C@H](c3ccccc3)[C@H](c3ccccc3)OC(=O)[C@H]1[C@@H]2C(=O)O)c1ccccc1. The van der Waals surface area contributed by atoms with Crippen LogP contribution in [0, 0.1) is 17.8 Å². The molecule has 0 unspecified atom stereocenters. The summed E-state index contributed by atoms with van der Waals surface area (Å²) < 4.78 is 12.0. The van der Waals surface area contributed by atoms with Crippen LogP contribution >= 0.6 is 0 Å². The molecule has 60 heavy (non-hydrogen) atoms. The van der Waals surface area contributed by atoms with E-state index in [1.54, 1.807) is 54.3 Å². The predicted octanol–water partition coefficient (Wildman–Crippen LogP) is 6.01. The van der Waals surface area contributed by atoms with E-state index in [2.05, 4.69) is 17.2 Å². The Morgan fingerprint density at radius 3 is 2.10 bits per heavy atom. The lowest BCUT2D eigenvalue weighted by atomic mass is 9.65. The molecule has 7 atom stereocenters. The maximum atomic E-state index is 16.0. The van der Waals surface area contributed by atoms with Gasteiger partial charge in [-0.3, -0.25) is 19.3 Å². The van der Waals surface area contributed by atoms with Gasteiger partial charge in [-0.15, -0.1) is 0 Å². The average molecular weight is 806 g/mol. The van der Waals surface area contributed by atoms with Gasteiger partial charge in [-0.25, -0.2) is 9.69 Å². The van der Waals surface area contributed by atoms with Crippen LogP contribution in [0.3, 0.4) is 0 Å². The Hall–Kier alpha value is -6.78. The number of carbonyl (C=O) groups is 4. The van der Waals surface area contributed by atoms with Crippen molar-refractivity contribution in [1.29, 1.82) is 0 Å². The maximum Gasteiger partial charge on any atom is 0.329 e. The number of carbonyl (C=O) groups excluding carboxylic acids is 3. The van der Waals surface area contributed by atoms with Crippen LogP contribution in [0.2, 0.25) is 0 Å². The number of esters is 1. The number of rotatable bonds is 10. The third-order valence-electron chi connectivity index (χ3n) is 11.6. The van der Waals surface area contributed by atoms with Gasteiger partial charge in [0.1, 0.15) is 35.8 Å². The molecule has 0 bridgehead atoms. The van der Waals surface area contributed by atoms with E-state index < -0.39 is 65.5 Å². The second kappa shape index (κ2) is 16.8. The van der Waals surface area contributed by atoms with Gasteiger partial charge in [0.2, 0.25) is 5.91 Å². The number of fused-ring (bicyclic) bond motifs is 3. The first kappa shape index (κ1) is 40.0. The Morgan fingerprint density at radius 1 is 0.817 bits per heavy atom. The maximum absolute atomic E-state index is 16.0. The third kappa shape index (κ3) is 6.86. The molecule has 1 spiro atoms. The van der Waals surface area contributed by atoms with Crippen LogP contribution in [-0.4, -0.2) is 70.0 Å². The highest BCUT2D eigenvalue weighted by molar-refractivity contribution is 6.24. The van der Waals surface area contributed by atoms with E-state index in [1.165, 1.54) is 0 Å². The number of carboxylic acids is 1. The molecule has 2 fully saturated rings. The molecule has 0 radical (unpaired) electrons. The van der Waals surface area contributed by atoms with Crippen LogP contribution in [0.5, 0.6) is 5.75 Å². The molecule has 3 aliphatic rings. The number of benzene rings is 5. The summed E-state index contributed by atoms with van der Waals surface area (Å²) >= 11 is 0. The quantitative estimate of drug-likeness (QED) is 0.0970. The fraction of sp³-hybridized carbons (Fsp3) is 0.250. The number of imide groups is 1. The molecule has 2 saturated heterocycles. The van der Waals surface area contributed by atoms with Crippen LogP contribution in [0.4, 0.5) is 10.5 Å². The average Bonchev–Trinajstić information content (AvgIpc) is 3.73. The number of hydrogen-bond acceptors (Lipinski definition) is 9. The minimum atomic E-state index is -2.13. The Morgan fingerprint density at radius 2 is 1.47 bits per heavy atom. The van der Waals surface area contributed by atoms with Crippen LogP contribution in [0.1, 0.15) is 71.0 Å². The first-order valence-corrected chi connectivity index (χ1v) is 19.8. The van der Waals surface area contributed by atoms with Crippen molar-refractivity contribution in [2.45, 2.75) is 49.0 Å². The monoisotopic (exact) mass is 805 g/mol. The van der Waals surface area contributed by atoms with E-state index in [0.717, 1.165) is 10.5 Å². The number of ether oxygens (including phenoxy) is 2. The van der Waals surface area contributed by atoms with Crippen molar-refractivity contribution < 1.29 is 44.0 Å². The minimum Gasteiger partial charge on any atom is -0.491 e. The van der Waals surface area contributed by atoms with Crippen molar-refractivity contribution in [3.8, 4) is 17.6 Å². The number of nitrogens with one attached hydrogen (secondary N) is 1. The highest BCUT2D eigenvalue weighted by Gasteiger charge is 2.76. The number of amides is 3. The van der Waals surface area contributed by atoms with Crippen molar-refractivity contribution in [3.63, 3.8) is 0 Å². The zero-order valence-electron chi connectivity index (χ0n) is 32.7. The largest absolute Gasteiger partial charge is 0.491 e. The van der Waals surface area contributed by atoms with Crippen molar-refractivity contribution in [2.75, 3.05) is 24.7 Å². The lowest BCUT2D eigenvalue weighted by molar-refractivity contribution is -0.179. The molecule has 0 saturated carbocycles. The number of aliphatic hydroxyl groups excluding tert-OH is 2. The molecule has 304 valence electrons. The molecule has 4 N–H and O–H groups in total. The molecule has 5 aromatic rings. The number of urea groups is 1. The Bertz CT molecular complexity index is 2450. The highest BCUT2D eigenvalue weighted by atomic mass is 16.6. The molecule has 3 heterocycles. The molecule has 3 amide bonds. The minimum absolute atomic E-state index is 0.0279. The fourth-order valence-electron chi connectivity index (χ4n) is 9.17. The van der Waals surface area contributed by atoms with Crippen LogP contribution in [-0.2, 0) is 24.5 Å². The van der Waals surface area contributed by atoms with E-state index in [4.69, 9.17) is 9.47 Å². The zero-order valence-corrected chi connectivity index (χ0v) is 32.7. The summed E-state index contributed by atoms with van der Waals surface area (Å²) in [7, 11) is 0. The summed E-state index contributed by atoms with van der Waals surface area (Å²) in [6, 6.07) is 34.5. The molecule has 12 heteroatoms.